The highest BCUT2D eigenvalue weighted by Gasteiger charge is 2.23. The van der Waals surface area contributed by atoms with E-state index in [-0.39, 0.29) is 5.91 Å². The average molecular weight is 492 g/mol. The highest BCUT2D eigenvalue weighted by atomic mass is 32.2. The van der Waals surface area contributed by atoms with Crippen molar-refractivity contribution in [3.8, 4) is 5.69 Å². The molecule has 0 spiro atoms. The molecule has 0 radical (unpaired) electrons. The fourth-order valence-electron chi connectivity index (χ4n) is 3.59. The fourth-order valence-corrected chi connectivity index (χ4v) is 5.27. The molecule has 2 heterocycles. The Balaban J connectivity index is 1.63. The molecule has 7 nitrogen and oxygen atoms in total. The molecule has 1 unspecified atom stereocenters. The number of hydrogen-bond acceptors (Lipinski definition) is 6. The molecule has 4 rings (SSSR count). The van der Waals surface area contributed by atoms with Crippen LogP contribution >= 0.6 is 23.1 Å². The number of amides is 2. The topological polar surface area (TPSA) is 103 Å². The van der Waals surface area contributed by atoms with Gasteiger partial charge in [0.25, 0.3) is 5.91 Å². The third-order valence-electron chi connectivity index (χ3n) is 5.32. The summed E-state index contributed by atoms with van der Waals surface area (Å²) in [6, 6.07) is 17.9. The Morgan fingerprint density at radius 2 is 1.88 bits per heavy atom. The highest BCUT2D eigenvalue weighted by Crippen LogP contribution is 2.30. The van der Waals surface area contributed by atoms with E-state index < -0.39 is 11.2 Å². The number of thiophene rings is 1. The summed E-state index contributed by atoms with van der Waals surface area (Å²) in [7, 11) is 0. The van der Waals surface area contributed by atoms with Crippen molar-refractivity contribution in [1.29, 1.82) is 0 Å². The zero-order valence-corrected chi connectivity index (χ0v) is 20.7. The van der Waals surface area contributed by atoms with E-state index in [4.69, 9.17) is 5.73 Å². The van der Waals surface area contributed by atoms with E-state index in [1.165, 1.54) is 28.7 Å². The van der Waals surface area contributed by atoms with Gasteiger partial charge in [0, 0.05) is 6.42 Å². The number of nitrogens with one attached hydrogen (secondary N) is 1. The number of nitrogens with two attached hydrogens (primary N) is 1. The van der Waals surface area contributed by atoms with Crippen LogP contribution in [0.5, 0.6) is 0 Å². The lowest BCUT2D eigenvalue weighted by Gasteiger charge is -2.16. The number of primary amides is 1. The summed E-state index contributed by atoms with van der Waals surface area (Å²) in [5, 5.41) is 14.1. The lowest BCUT2D eigenvalue weighted by molar-refractivity contribution is -0.115. The van der Waals surface area contributed by atoms with Gasteiger partial charge in [-0.2, -0.15) is 0 Å². The minimum absolute atomic E-state index is 0.241. The number of carbonyl (C=O) groups excluding carboxylic acids is 2. The van der Waals surface area contributed by atoms with E-state index in [9.17, 15) is 9.59 Å². The SMILES string of the molecule is Cc1ccc(-n2c(Cc3ccccc3)nnc2SC(C)C(=O)Nc2sccc2C(N)=O)c(C)c1. The molecule has 0 saturated carbocycles. The minimum Gasteiger partial charge on any atom is -0.366 e. The standard InChI is InChI=1S/C25H25N5O2S2/c1-15-9-10-20(16(2)13-15)30-21(14-18-7-5-4-6-8-18)28-29-25(30)34-17(3)23(32)27-24-19(22(26)31)11-12-33-24/h4-13,17H,14H2,1-3H3,(H2,26,31)(H,27,32). The van der Waals surface area contributed by atoms with Gasteiger partial charge in [0.2, 0.25) is 5.91 Å². The molecule has 0 bridgehead atoms. The first-order valence-corrected chi connectivity index (χ1v) is 12.5. The van der Waals surface area contributed by atoms with E-state index in [2.05, 4.69) is 59.7 Å². The van der Waals surface area contributed by atoms with E-state index in [1.807, 2.05) is 22.8 Å². The number of hydrogen-bond donors (Lipinski definition) is 2. The maximum atomic E-state index is 12.9. The fraction of sp³-hybridized carbons (Fsp3) is 0.200. The Morgan fingerprint density at radius 1 is 1.12 bits per heavy atom. The number of nitrogens with zero attached hydrogens (tertiary/aromatic N) is 3. The summed E-state index contributed by atoms with van der Waals surface area (Å²) in [4.78, 5) is 24.5. The molecule has 0 aliphatic heterocycles. The first kappa shape index (κ1) is 23.7. The van der Waals surface area contributed by atoms with Gasteiger partial charge in [-0.25, -0.2) is 0 Å². The highest BCUT2D eigenvalue weighted by molar-refractivity contribution is 8.00. The van der Waals surface area contributed by atoms with Gasteiger partial charge in [0.05, 0.1) is 16.5 Å². The molecule has 3 N–H and O–H groups in total. The van der Waals surface area contributed by atoms with Crippen LogP contribution in [-0.2, 0) is 11.2 Å². The van der Waals surface area contributed by atoms with Crippen LogP contribution < -0.4 is 11.1 Å². The maximum absolute atomic E-state index is 12.9. The second-order valence-corrected chi connectivity index (χ2v) is 10.2. The summed E-state index contributed by atoms with van der Waals surface area (Å²) in [5.74, 6) is -0.0192. The molecule has 0 aliphatic rings. The van der Waals surface area contributed by atoms with E-state index in [0.717, 1.165) is 22.6 Å². The van der Waals surface area contributed by atoms with Crippen molar-refractivity contribution in [1.82, 2.24) is 14.8 Å². The van der Waals surface area contributed by atoms with Crippen molar-refractivity contribution in [3.63, 3.8) is 0 Å². The third-order valence-corrected chi connectivity index (χ3v) is 7.19. The van der Waals surface area contributed by atoms with Crippen LogP contribution in [0.1, 0.15) is 39.8 Å². The Morgan fingerprint density at radius 3 is 2.59 bits per heavy atom. The van der Waals surface area contributed by atoms with Gasteiger partial charge < -0.3 is 11.1 Å². The molecular formula is C25H25N5O2S2. The number of aromatic nitrogens is 3. The number of carbonyl (C=O) groups is 2. The van der Waals surface area contributed by atoms with Crippen molar-refractivity contribution in [3.05, 3.63) is 88.1 Å². The van der Waals surface area contributed by atoms with Gasteiger partial charge in [-0.15, -0.1) is 21.5 Å². The Hall–Kier alpha value is -3.43. The molecule has 34 heavy (non-hydrogen) atoms. The van der Waals surface area contributed by atoms with Gasteiger partial charge in [-0.05, 0) is 49.4 Å². The van der Waals surface area contributed by atoms with Gasteiger partial charge in [-0.1, -0.05) is 59.8 Å². The number of aryl methyl sites for hydroxylation is 2. The van der Waals surface area contributed by atoms with E-state index in [0.29, 0.717) is 22.1 Å². The van der Waals surface area contributed by atoms with Crippen LogP contribution in [0.3, 0.4) is 0 Å². The lowest BCUT2D eigenvalue weighted by atomic mass is 10.1. The molecular weight excluding hydrogens is 466 g/mol. The van der Waals surface area contributed by atoms with Crippen molar-refractivity contribution in [2.75, 3.05) is 5.32 Å². The molecule has 0 saturated heterocycles. The van der Waals surface area contributed by atoms with Crippen LogP contribution in [0.15, 0.2) is 65.1 Å². The monoisotopic (exact) mass is 491 g/mol. The Kier molecular flexibility index (Phi) is 7.14. The summed E-state index contributed by atoms with van der Waals surface area (Å²) in [5.41, 5.74) is 10.1. The second kappa shape index (κ2) is 10.2. The van der Waals surface area contributed by atoms with E-state index >= 15 is 0 Å². The van der Waals surface area contributed by atoms with Crippen molar-refractivity contribution >= 4 is 39.9 Å². The first-order valence-electron chi connectivity index (χ1n) is 10.7. The summed E-state index contributed by atoms with van der Waals surface area (Å²) < 4.78 is 2.02. The van der Waals surface area contributed by atoms with Crippen molar-refractivity contribution in [2.24, 2.45) is 5.73 Å². The molecule has 2 aromatic carbocycles. The quantitative estimate of drug-likeness (QED) is 0.346. The third kappa shape index (κ3) is 5.21. The molecule has 0 fully saturated rings. The molecule has 0 aliphatic carbocycles. The predicted molar refractivity (Wildman–Crippen MR) is 137 cm³/mol. The second-order valence-electron chi connectivity index (χ2n) is 7.96. The number of benzene rings is 2. The predicted octanol–water partition coefficient (Wildman–Crippen LogP) is 4.75. The molecule has 4 aromatic rings. The molecule has 174 valence electrons. The summed E-state index contributed by atoms with van der Waals surface area (Å²) in [6.07, 6.45) is 0.611. The maximum Gasteiger partial charge on any atom is 0.251 e. The smallest absolute Gasteiger partial charge is 0.251 e. The molecule has 2 aromatic heterocycles. The normalized spacial score (nSPS) is 11.9. The van der Waals surface area contributed by atoms with Gasteiger partial charge in [0.1, 0.15) is 10.8 Å². The first-order chi connectivity index (χ1) is 16.3. The zero-order chi connectivity index (χ0) is 24.2. The van der Waals surface area contributed by atoms with Crippen LogP contribution in [0.2, 0.25) is 0 Å². The van der Waals surface area contributed by atoms with E-state index in [1.54, 1.807) is 18.4 Å². The summed E-state index contributed by atoms with van der Waals surface area (Å²) >= 11 is 2.58. The molecule has 9 heteroatoms. The van der Waals surface area contributed by atoms with Crippen LogP contribution in [0, 0.1) is 13.8 Å². The number of thioether (sulfide) groups is 1. The number of anilines is 1. The summed E-state index contributed by atoms with van der Waals surface area (Å²) in [6.45, 7) is 5.91. The molecule has 2 amide bonds. The Bertz CT molecular complexity index is 1330. The largest absolute Gasteiger partial charge is 0.366 e. The van der Waals surface area contributed by atoms with Crippen LogP contribution in [0.4, 0.5) is 5.00 Å². The zero-order valence-electron chi connectivity index (χ0n) is 19.1. The van der Waals surface area contributed by atoms with Crippen molar-refractivity contribution < 1.29 is 9.59 Å². The van der Waals surface area contributed by atoms with Crippen LogP contribution in [0.25, 0.3) is 5.69 Å². The lowest BCUT2D eigenvalue weighted by Crippen LogP contribution is -2.24. The van der Waals surface area contributed by atoms with Crippen LogP contribution in [-0.4, -0.2) is 31.8 Å². The minimum atomic E-state index is -0.572. The Labute approximate surface area is 206 Å². The average Bonchev–Trinajstić information content (AvgIpc) is 3.42. The van der Waals surface area contributed by atoms with Gasteiger partial charge >= 0.3 is 0 Å². The van der Waals surface area contributed by atoms with Crippen molar-refractivity contribution in [2.45, 2.75) is 37.6 Å². The number of rotatable bonds is 8. The van der Waals surface area contributed by atoms with Gasteiger partial charge in [0.15, 0.2) is 5.16 Å². The van der Waals surface area contributed by atoms with Gasteiger partial charge in [-0.3, -0.25) is 14.2 Å². The molecule has 1 atom stereocenters.